The molecule has 28 heteroatoms. The molecule has 6 amide bonds. The summed E-state index contributed by atoms with van der Waals surface area (Å²) >= 11 is 0. The number of carbonyl (C=O) groups excluding carboxylic acids is 8. The number of hydrogen-bond donors (Lipinski definition) is 7. The standard InChI is InChI=1S/C71H93B3N12O13/c1-74(95)78-34-18-12-6-9-15-21-64(89)81-52-25-29-57-60(43-52)71(31-30-65(90)84(2)35-37-96-38-36-85(3)69(93)61-44-53(82-83-77)45-86(61)68(92)48-22-26-54-49(39-48)40-66(91)99-70(54)94)58-41-50(79-62(87)19-13-7-4-10-16-32-72-97-46-75)23-27-55(58)67(57)56-28-24-51(42-59(56)71)80-63(88)20-14-8-5-11-17-33-73-98-47-76/h22-29,39,41-43,46-47,53,61,67,75-76,78,95H,4-21,30-38,40,44-45H2,1-3H3,(H,79,87)(H,80,88)(H,81,89). The smallest absolute Gasteiger partial charge is 0.373 e. The highest BCUT2D eigenvalue weighted by atomic mass is 16.6. The number of hydrogen-bond acceptors (Lipinski definition) is 17. The predicted octanol–water partition coefficient (Wildman–Crippen LogP) is 10.2. The first kappa shape index (κ1) is 75.9. The Hall–Kier alpha value is -8.84. The average Bonchev–Trinajstić information content (AvgIpc) is 1.03. The topological polar surface area (TPSA) is 348 Å². The normalized spacial score (nSPS) is 16.7. The van der Waals surface area contributed by atoms with Crippen molar-refractivity contribution >= 4 is 99.3 Å². The zero-order chi connectivity index (χ0) is 70.7. The molecule has 2 aliphatic heterocycles. The number of fused-ring (bicyclic) bond motifs is 1. The lowest BCUT2D eigenvalue weighted by atomic mass is 9.51. The number of carbonyl (C=O) groups is 8. The van der Waals surface area contributed by atoms with Crippen LogP contribution in [0.3, 0.4) is 0 Å². The van der Waals surface area contributed by atoms with Gasteiger partial charge in [0.2, 0.25) is 29.5 Å². The first-order valence-corrected chi connectivity index (χ1v) is 34.9. The second-order valence-electron chi connectivity index (χ2n) is 26.1. The van der Waals surface area contributed by atoms with Crippen molar-refractivity contribution in [2.24, 2.45) is 5.11 Å². The van der Waals surface area contributed by atoms with Gasteiger partial charge in [-0.3, -0.25) is 44.4 Å². The second kappa shape index (κ2) is 38.5. The van der Waals surface area contributed by atoms with E-state index in [9.17, 15) is 48.9 Å². The lowest BCUT2D eigenvalue weighted by Gasteiger charge is -2.51. The van der Waals surface area contributed by atoms with Crippen LogP contribution in [0.4, 0.5) is 17.1 Å². The van der Waals surface area contributed by atoms with E-state index < -0.39 is 48.3 Å². The molecule has 4 aromatic carbocycles. The molecule has 5 aliphatic rings. The third-order valence-electron chi connectivity index (χ3n) is 18.9. The van der Waals surface area contributed by atoms with Crippen LogP contribution in [-0.2, 0) is 59.4 Å². The van der Waals surface area contributed by atoms with Gasteiger partial charge in [0.05, 0.1) is 31.2 Å². The molecular weight excluding hydrogens is 1260 g/mol. The fourth-order valence-electron chi connectivity index (χ4n) is 13.8. The molecular formula is C71H93B3N12O13. The maximum Gasteiger partial charge on any atom is 0.373 e. The molecule has 7 N–H and O–H groups in total. The van der Waals surface area contributed by atoms with Gasteiger partial charge in [0, 0.05) is 98.3 Å². The number of benzene rings is 4. The minimum atomic E-state index is -1.05. The molecule has 1 fully saturated rings. The predicted molar refractivity (Wildman–Crippen MR) is 380 cm³/mol. The van der Waals surface area contributed by atoms with Crippen LogP contribution in [0, 0.1) is 10.8 Å². The van der Waals surface area contributed by atoms with Crippen molar-refractivity contribution in [2.45, 2.75) is 184 Å². The number of amides is 6. The molecule has 2 radical (unpaired) electrons. The van der Waals surface area contributed by atoms with Crippen LogP contribution < -0.4 is 21.2 Å². The quantitative estimate of drug-likeness (QED) is 0.00249. The highest BCUT2D eigenvalue weighted by Crippen LogP contribution is 2.62. The van der Waals surface area contributed by atoms with Crippen LogP contribution in [-0.4, -0.2) is 167 Å². The molecule has 4 aromatic rings. The Labute approximate surface area is 581 Å². The fourth-order valence-corrected chi connectivity index (χ4v) is 13.8. The lowest BCUT2D eigenvalue weighted by molar-refractivity contribution is -0.138. The zero-order valence-electron chi connectivity index (χ0n) is 57.3. The van der Waals surface area contributed by atoms with E-state index in [0.29, 0.717) is 61.2 Å². The maximum atomic E-state index is 14.8. The average molecular weight is 1360 g/mol. The number of nitrogens with zero attached hydrogens (tertiary/aromatic N) is 6. The van der Waals surface area contributed by atoms with Gasteiger partial charge in [0.1, 0.15) is 18.8 Å². The third-order valence-corrected chi connectivity index (χ3v) is 18.9. The summed E-state index contributed by atoms with van der Waals surface area (Å²) in [4.78, 5) is 116. The molecule has 0 aromatic heterocycles. The Morgan fingerprint density at radius 3 is 1.70 bits per heavy atom. The highest BCUT2D eigenvalue weighted by Gasteiger charge is 2.52. The molecule has 3 aliphatic carbocycles. The van der Waals surface area contributed by atoms with E-state index in [4.69, 9.17) is 29.6 Å². The van der Waals surface area contributed by atoms with Crippen LogP contribution >= 0.6 is 0 Å². The minimum Gasteiger partial charge on any atom is -0.556 e. The summed E-state index contributed by atoms with van der Waals surface area (Å²) in [6, 6.07) is 20.7. The van der Waals surface area contributed by atoms with E-state index in [1.54, 1.807) is 40.8 Å². The number of nitrogens with one attached hydrogen (secondary N) is 6. The van der Waals surface area contributed by atoms with Gasteiger partial charge in [-0.25, -0.2) is 4.79 Å². The van der Waals surface area contributed by atoms with Crippen LogP contribution in [0.25, 0.3) is 10.4 Å². The molecule has 524 valence electrons. The van der Waals surface area contributed by atoms with E-state index in [2.05, 4.69) is 49.4 Å². The Morgan fingerprint density at radius 1 is 0.697 bits per heavy atom. The summed E-state index contributed by atoms with van der Waals surface area (Å²) in [6.45, 7) is 2.90. The first-order chi connectivity index (χ1) is 47.9. The summed E-state index contributed by atoms with van der Waals surface area (Å²) in [7, 11) is 5.96. The van der Waals surface area contributed by atoms with Crippen molar-refractivity contribution in [3.05, 3.63) is 133 Å². The van der Waals surface area contributed by atoms with Crippen molar-refractivity contribution in [1.29, 1.82) is 10.8 Å². The van der Waals surface area contributed by atoms with Crippen molar-refractivity contribution in [3.63, 3.8) is 0 Å². The molecule has 1 saturated heterocycles. The summed E-state index contributed by atoms with van der Waals surface area (Å²) < 4.78 is 20.6. The maximum absolute atomic E-state index is 14.8. The first-order valence-electron chi connectivity index (χ1n) is 34.9. The Morgan fingerprint density at radius 2 is 1.19 bits per heavy atom. The van der Waals surface area contributed by atoms with Crippen LogP contribution in [0.1, 0.15) is 200 Å². The molecule has 9 rings (SSSR count). The third kappa shape index (κ3) is 21.1. The Bertz CT molecular complexity index is 3480. The van der Waals surface area contributed by atoms with E-state index in [1.165, 1.54) is 28.0 Å². The monoisotopic (exact) mass is 1350 g/mol. The van der Waals surface area contributed by atoms with E-state index in [0.717, 1.165) is 142 Å². The van der Waals surface area contributed by atoms with Crippen LogP contribution in [0.5, 0.6) is 0 Å². The molecule has 25 nitrogen and oxygen atoms in total. The molecule has 0 spiro atoms. The van der Waals surface area contributed by atoms with Gasteiger partial charge in [-0.05, 0) is 164 Å². The van der Waals surface area contributed by atoms with Gasteiger partial charge in [-0.15, -0.1) is 0 Å². The number of rotatable bonds is 44. The minimum absolute atomic E-state index is 0.0280. The number of azide groups is 1. The number of likely N-dealkylation sites (tertiary alicyclic amines) is 1. The highest BCUT2D eigenvalue weighted by molar-refractivity contribution is 6.45. The van der Waals surface area contributed by atoms with Crippen molar-refractivity contribution < 1.29 is 62.2 Å². The second-order valence-corrected chi connectivity index (χ2v) is 26.1. The number of esters is 2. The van der Waals surface area contributed by atoms with Crippen molar-refractivity contribution in [1.82, 2.24) is 19.9 Å². The molecule has 99 heavy (non-hydrogen) atoms. The van der Waals surface area contributed by atoms with Gasteiger partial charge in [-0.1, -0.05) is 93.9 Å². The van der Waals surface area contributed by atoms with Gasteiger partial charge < -0.3 is 59.7 Å². The number of unbranched alkanes of at least 4 members (excludes halogenated alkanes) is 12. The fraction of sp³-hybridized carbons (Fsp3) is 0.521. The Balaban J connectivity index is 0.992. The van der Waals surface area contributed by atoms with Crippen LogP contribution in [0.15, 0.2) is 77.9 Å². The van der Waals surface area contributed by atoms with E-state index in [-0.39, 0.29) is 99.2 Å². The van der Waals surface area contributed by atoms with Gasteiger partial charge in [0.25, 0.3) is 5.91 Å². The molecule has 2 unspecified atom stereocenters. The number of cyclic esters (lactones) is 2. The molecule has 2 bridgehead atoms. The van der Waals surface area contributed by atoms with Gasteiger partial charge in [-0.2, -0.15) is 0 Å². The molecule has 0 saturated carbocycles. The summed E-state index contributed by atoms with van der Waals surface area (Å²) in [5.74, 6) is -3.33. The van der Waals surface area contributed by atoms with Gasteiger partial charge >= 0.3 is 34.0 Å². The van der Waals surface area contributed by atoms with Crippen molar-refractivity contribution in [2.75, 3.05) is 69.4 Å². The largest absolute Gasteiger partial charge is 0.556 e. The van der Waals surface area contributed by atoms with Gasteiger partial charge in [0.15, 0.2) is 0 Å². The molecule has 2 heterocycles. The van der Waals surface area contributed by atoms with E-state index in [1.807, 2.05) is 36.4 Å². The summed E-state index contributed by atoms with van der Waals surface area (Å²) in [6.07, 6.45) is 17.7. The number of likely N-dealkylation sites (N-methyl/N-ethyl adjacent to an activating group) is 2. The SMILES string of the molecule is CB(O)NCCCCCCCC(=O)Nc1ccc2c(c1)C1(CCC(=O)N(C)CCOCCN(C)C(=O)C3CC(N=[N+]=[N-])CN3C(=O)c3ccc4c(c3)CC(=O)OC4=O)c3cc(NC(=O)CCCCCCC[B]OC=N)ccc3C2c2ccc(NC(=O)CCCCCCC[B]OC=N)cc21. The lowest BCUT2D eigenvalue weighted by Crippen LogP contribution is -2.47. The van der Waals surface area contributed by atoms with Crippen molar-refractivity contribution in [3.8, 4) is 0 Å². The number of ether oxygens (including phenoxy) is 2. The van der Waals surface area contributed by atoms with Crippen LogP contribution in [0.2, 0.25) is 19.5 Å². The number of anilines is 3. The molecule has 2 atom stereocenters. The summed E-state index contributed by atoms with van der Waals surface area (Å²) in [5, 5.41) is 40.0. The van der Waals surface area contributed by atoms with E-state index >= 15 is 0 Å². The summed E-state index contributed by atoms with van der Waals surface area (Å²) in [5.41, 5.74) is 16.4. The zero-order valence-corrected chi connectivity index (χ0v) is 57.3. The Kier molecular flexibility index (Phi) is 29.5.